The van der Waals surface area contributed by atoms with Gasteiger partial charge in [-0.1, -0.05) is 23.7 Å². The number of methoxy groups -OCH3 is 1. The van der Waals surface area contributed by atoms with Crippen molar-refractivity contribution < 1.29 is 23.8 Å². The second-order valence-corrected chi connectivity index (χ2v) is 7.33. The number of halogens is 2. The van der Waals surface area contributed by atoms with Gasteiger partial charge < -0.3 is 19.5 Å². The molecular weight excluding hydrogens is 450 g/mol. The van der Waals surface area contributed by atoms with Gasteiger partial charge in [-0.15, -0.1) is 0 Å². The molecule has 1 aliphatic heterocycles. The van der Waals surface area contributed by atoms with Gasteiger partial charge in [0.15, 0.2) is 0 Å². The molecule has 1 N–H and O–H groups in total. The number of anilines is 1. The van der Waals surface area contributed by atoms with Gasteiger partial charge in [-0.2, -0.15) is 0 Å². The zero-order chi connectivity index (χ0) is 20.3. The fourth-order valence-electron chi connectivity index (χ4n) is 3.02. The van der Waals surface area contributed by atoms with Crippen molar-refractivity contribution >= 4 is 45.1 Å². The third-order valence-electron chi connectivity index (χ3n) is 4.30. The lowest BCUT2D eigenvalue weighted by molar-refractivity contribution is -0.150. The van der Waals surface area contributed by atoms with Crippen molar-refractivity contribution in [1.82, 2.24) is 0 Å². The van der Waals surface area contributed by atoms with Crippen LogP contribution >= 0.6 is 27.5 Å². The number of carbonyl (C=O) groups excluding carboxylic acids is 2. The summed E-state index contributed by atoms with van der Waals surface area (Å²) in [4.78, 5) is 24.6. The lowest BCUT2D eigenvalue weighted by Gasteiger charge is -2.23. The summed E-state index contributed by atoms with van der Waals surface area (Å²) in [7, 11) is 1.57. The van der Waals surface area contributed by atoms with Crippen LogP contribution in [0.5, 0.6) is 5.75 Å². The van der Waals surface area contributed by atoms with Crippen molar-refractivity contribution in [3.8, 4) is 5.75 Å². The molecule has 0 radical (unpaired) electrons. The zero-order valence-corrected chi connectivity index (χ0v) is 17.7. The summed E-state index contributed by atoms with van der Waals surface area (Å²) in [6.07, 6.45) is -1.87. The Hall–Kier alpha value is -2.09. The number of fused-ring (bicyclic) bond motifs is 1. The van der Waals surface area contributed by atoms with E-state index in [4.69, 9.17) is 25.8 Å². The van der Waals surface area contributed by atoms with Crippen LogP contribution in [-0.2, 0) is 19.1 Å². The molecule has 2 atom stereocenters. The smallest absolute Gasteiger partial charge is 0.308 e. The molecule has 3 rings (SSSR count). The number of esters is 1. The molecule has 0 bridgehead atoms. The highest BCUT2D eigenvalue weighted by molar-refractivity contribution is 9.10. The van der Waals surface area contributed by atoms with Crippen molar-refractivity contribution in [3.05, 3.63) is 57.0 Å². The van der Waals surface area contributed by atoms with Crippen LogP contribution in [0.2, 0.25) is 5.02 Å². The van der Waals surface area contributed by atoms with Gasteiger partial charge >= 0.3 is 5.97 Å². The SMILES string of the molecule is CCOC(=O)C[C@H]1O[C@H](c2cccc(OC)c2Br)c2cc(Cl)ccc2NC1=O. The lowest BCUT2D eigenvalue weighted by atomic mass is 9.99. The molecule has 0 saturated carbocycles. The van der Waals surface area contributed by atoms with Crippen LogP contribution in [0.1, 0.15) is 30.6 Å². The van der Waals surface area contributed by atoms with Crippen LogP contribution in [0, 0.1) is 0 Å². The first-order chi connectivity index (χ1) is 13.4. The average Bonchev–Trinajstić information content (AvgIpc) is 2.79. The molecule has 1 heterocycles. The van der Waals surface area contributed by atoms with Crippen LogP contribution in [0.4, 0.5) is 5.69 Å². The van der Waals surface area contributed by atoms with Crippen LogP contribution in [0.15, 0.2) is 40.9 Å². The predicted octanol–water partition coefficient (Wildman–Crippen LogP) is 4.49. The minimum atomic E-state index is -1.02. The van der Waals surface area contributed by atoms with Gasteiger partial charge in [-0.3, -0.25) is 9.59 Å². The van der Waals surface area contributed by atoms with Crippen molar-refractivity contribution in [2.45, 2.75) is 25.6 Å². The number of hydrogen-bond donors (Lipinski definition) is 1. The van der Waals surface area contributed by atoms with E-state index in [2.05, 4.69) is 21.2 Å². The molecule has 0 fully saturated rings. The molecule has 148 valence electrons. The van der Waals surface area contributed by atoms with Gasteiger partial charge in [0.2, 0.25) is 0 Å². The van der Waals surface area contributed by atoms with E-state index in [1.54, 1.807) is 32.2 Å². The Balaban J connectivity index is 2.08. The maximum absolute atomic E-state index is 12.7. The van der Waals surface area contributed by atoms with E-state index in [9.17, 15) is 9.59 Å². The second kappa shape index (κ2) is 8.94. The van der Waals surface area contributed by atoms with Gasteiger partial charge in [0.25, 0.3) is 5.91 Å². The molecule has 2 aromatic carbocycles. The molecule has 0 aliphatic carbocycles. The predicted molar refractivity (Wildman–Crippen MR) is 109 cm³/mol. The third-order valence-corrected chi connectivity index (χ3v) is 5.38. The fourth-order valence-corrected chi connectivity index (χ4v) is 3.83. The second-order valence-electron chi connectivity index (χ2n) is 6.10. The average molecular weight is 469 g/mol. The summed E-state index contributed by atoms with van der Waals surface area (Å²) >= 11 is 9.75. The zero-order valence-electron chi connectivity index (χ0n) is 15.3. The van der Waals surface area contributed by atoms with Crippen LogP contribution in [0.3, 0.4) is 0 Å². The molecule has 2 aromatic rings. The van der Waals surface area contributed by atoms with Crippen LogP contribution < -0.4 is 10.1 Å². The summed E-state index contributed by atoms with van der Waals surface area (Å²) in [6.45, 7) is 1.94. The molecule has 1 amide bonds. The van der Waals surface area contributed by atoms with Crippen molar-refractivity contribution in [2.24, 2.45) is 0 Å². The number of nitrogens with one attached hydrogen (secondary N) is 1. The van der Waals surface area contributed by atoms with E-state index in [1.807, 2.05) is 18.2 Å². The Labute approximate surface area is 176 Å². The molecule has 1 aliphatic rings. The van der Waals surface area contributed by atoms with Crippen LogP contribution in [-0.4, -0.2) is 31.7 Å². The molecule has 0 saturated heterocycles. The number of rotatable bonds is 5. The summed E-state index contributed by atoms with van der Waals surface area (Å²) in [5.74, 6) is -0.302. The Morgan fingerprint density at radius 1 is 1.29 bits per heavy atom. The minimum Gasteiger partial charge on any atom is -0.496 e. The molecule has 0 unspecified atom stereocenters. The normalized spacial score (nSPS) is 18.6. The summed E-state index contributed by atoms with van der Waals surface area (Å²) < 4.78 is 17.2. The number of benzene rings is 2. The maximum Gasteiger partial charge on any atom is 0.308 e. The van der Waals surface area contributed by atoms with E-state index in [1.165, 1.54) is 0 Å². The van der Waals surface area contributed by atoms with Crippen LogP contribution in [0.25, 0.3) is 0 Å². The topological polar surface area (TPSA) is 73.9 Å². The molecule has 0 aromatic heterocycles. The van der Waals surface area contributed by atoms with E-state index in [0.717, 1.165) is 5.56 Å². The molecular formula is C20H19BrClNO5. The van der Waals surface area contributed by atoms with Crippen molar-refractivity contribution in [2.75, 3.05) is 19.0 Å². The first kappa shape index (κ1) is 20.6. The van der Waals surface area contributed by atoms with Gasteiger partial charge in [-0.05, 0) is 47.1 Å². The van der Waals surface area contributed by atoms with Gasteiger partial charge in [0.1, 0.15) is 18.0 Å². The lowest BCUT2D eigenvalue weighted by Crippen LogP contribution is -2.32. The number of carbonyl (C=O) groups is 2. The van der Waals surface area contributed by atoms with E-state index >= 15 is 0 Å². The Morgan fingerprint density at radius 3 is 2.79 bits per heavy atom. The third kappa shape index (κ3) is 4.32. The number of amides is 1. The summed E-state index contributed by atoms with van der Waals surface area (Å²) in [5.41, 5.74) is 2.00. The number of ether oxygens (including phenoxy) is 3. The van der Waals surface area contributed by atoms with Gasteiger partial charge in [0, 0.05) is 21.8 Å². The van der Waals surface area contributed by atoms with E-state index < -0.39 is 24.1 Å². The Morgan fingerprint density at radius 2 is 2.07 bits per heavy atom. The maximum atomic E-state index is 12.7. The van der Waals surface area contributed by atoms with Gasteiger partial charge in [0.05, 0.1) is 24.6 Å². The molecule has 0 spiro atoms. The first-order valence-electron chi connectivity index (χ1n) is 8.68. The molecule has 28 heavy (non-hydrogen) atoms. The largest absolute Gasteiger partial charge is 0.496 e. The monoisotopic (exact) mass is 467 g/mol. The number of hydrogen-bond acceptors (Lipinski definition) is 5. The quantitative estimate of drug-likeness (QED) is 0.655. The van der Waals surface area contributed by atoms with Crippen molar-refractivity contribution in [3.63, 3.8) is 0 Å². The molecule has 6 nitrogen and oxygen atoms in total. The van der Waals surface area contributed by atoms with Gasteiger partial charge in [-0.25, -0.2) is 0 Å². The standard InChI is InChI=1S/C20H19BrClNO5/c1-3-27-17(24)10-16-20(25)23-14-8-7-11(22)9-13(14)19(28-16)12-5-4-6-15(26-2)18(12)21/h4-9,16,19H,3,10H2,1-2H3,(H,23,25)/t16-,19-/m1/s1. The Bertz CT molecular complexity index is 904. The highest BCUT2D eigenvalue weighted by Crippen LogP contribution is 2.42. The molecule has 8 heteroatoms. The van der Waals surface area contributed by atoms with E-state index in [0.29, 0.717) is 26.5 Å². The fraction of sp³-hybridized carbons (Fsp3) is 0.300. The van der Waals surface area contributed by atoms with Crippen molar-refractivity contribution in [1.29, 1.82) is 0 Å². The summed E-state index contributed by atoms with van der Waals surface area (Å²) in [5, 5.41) is 3.32. The first-order valence-corrected chi connectivity index (χ1v) is 9.85. The minimum absolute atomic E-state index is 0.195. The summed E-state index contributed by atoms with van der Waals surface area (Å²) in [6, 6.07) is 10.6. The highest BCUT2D eigenvalue weighted by Gasteiger charge is 2.34. The highest BCUT2D eigenvalue weighted by atomic mass is 79.9. The van der Waals surface area contributed by atoms with E-state index in [-0.39, 0.29) is 13.0 Å². The Kier molecular flexibility index (Phi) is 6.59.